The zero-order valence-electron chi connectivity index (χ0n) is 18.2. The molecule has 4 rings (SSSR count). The number of urea groups is 1. The van der Waals surface area contributed by atoms with Crippen LogP contribution in [0, 0.1) is 0 Å². The molecule has 34 heavy (non-hydrogen) atoms. The maximum absolute atomic E-state index is 12.5. The van der Waals surface area contributed by atoms with Crippen molar-refractivity contribution in [3.63, 3.8) is 0 Å². The molecular weight excluding hydrogens is 493 g/mol. The number of carbonyl (C=O) groups is 1. The molecule has 2 N–H and O–H groups in total. The Morgan fingerprint density at radius 2 is 1.85 bits per heavy atom. The summed E-state index contributed by atoms with van der Waals surface area (Å²) in [6.07, 6.45) is 0. The molecule has 0 radical (unpaired) electrons. The maximum atomic E-state index is 12.5. The highest BCUT2D eigenvalue weighted by Gasteiger charge is 2.18. The lowest BCUT2D eigenvalue weighted by Crippen LogP contribution is -2.29. The predicted octanol–water partition coefficient (Wildman–Crippen LogP) is 6.20. The van der Waals surface area contributed by atoms with E-state index in [1.54, 1.807) is 49.6 Å². The van der Waals surface area contributed by atoms with Crippen molar-refractivity contribution in [3.05, 3.63) is 94.2 Å². The summed E-state index contributed by atoms with van der Waals surface area (Å²) in [5, 5.41) is 15.9. The number of carbonyl (C=O) groups excluding carboxylic acids is 1. The Labute approximate surface area is 211 Å². The zero-order chi connectivity index (χ0) is 23.9. The van der Waals surface area contributed by atoms with E-state index >= 15 is 0 Å². The number of amides is 2. The number of halogens is 2. The van der Waals surface area contributed by atoms with Crippen molar-refractivity contribution < 1.29 is 9.53 Å². The largest absolute Gasteiger partial charge is 0.497 e. The average molecular weight is 514 g/mol. The quantitative estimate of drug-likeness (QED) is 0.274. The lowest BCUT2D eigenvalue weighted by molar-refractivity contribution is 0.251. The van der Waals surface area contributed by atoms with Gasteiger partial charge in [-0.05, 0) is 35.9 Å². The number of benzene rings is 3. The first-order chi connectivity index (χ1) is 16.5. The van der Waals surface area contributed by atoms with Crippen LogP contribution in [0.15, 0.2) is 78.0 Å². The minimum Gasteiger partial charge on any atom is -0.497 e. The fourth-order valence-corrected chi connectivity index (χ4v) is 4.45. The van der Waals surface area contributed by atoms with Crippen molar-refractivity contribution in [2.45, 2.75) is 17.5 Å². The normalized spacial score (nSPS) is 10.7. The third kappa shape index (κ3) is 6.02. The van der Waals surface area contributed by atoms with Crippen LogP contribution in [0.4, 0.5) is 10.5 Å². The third-order valence-electron chi connectivity index (χ3n) is 4.79. The summed E-state index contributed by atoms with van der Waals surface area (Å²) in [7, 11) is 1.57. The number of methoxy groups -OCH3 is 1. The standard InChI is InChI=1S/C24H21Cl2N5O2S/c1-33-19-9-5-8-18(13-19)28-23(32)27-14-22-29-30-24(34-15-16-6-3-2-4-7-16)31(22)21-12-17(25)10-11-20(21)26/h2-13H,14-15H2,1H3,(H2,27,28,32). The molecule has 10 heteroatoms. The molecule has 3 aromatic carbocycles. The molecule has 7 nitrogen and oxygen atoms in total. The molecular formula is C24H21Cl2N5O2S. The Morgan fingerprint density at radius 1 is 1.03 bits per heavy atom. The minimum absolute atomic E-state index is 0.123. The maximum Gasteiger partial charge on any atom is 0.319 e. The van der Waals surface area contributed by atoms with Gasteiger partial charge in [-0.1, -0.05) is 71.4 Å². The third-order valence-corrected chi connectivity index (χ3v) is 6.35. The van der Waals surface area contributed by atoms with Crippen molar-refractivity contribution >= 4 is 46.7 Å². The van der Waals surface area contributed by atoms with Crippen LogP contribution in [0.1, 0.15) is 11.4 Å². The number of anilines is 1. The lowest BCUT2D eigenvalue weighted by Gasteiger charge is -2.13. The highest BCUT2D eigenvalue weighted by Crippen LogP contribution is 2.31. The molecule has 0 atom stereocenters. The van der Waals surface area contributed by atoms with Crippen molar-refractivity contribution in [3.8, 4) is 11.4 Å². The number of nitrogens with one attached hydrogen (secondary N) is 2. The highest BCUT2D eigenvalue weighted by atomic mass is 35.5. The molecule has 174 valence electrons. The molecule has 2 amide bonds. The number of hydrogen-bond acceptors (Lipinski definition) is 5. The van der Waals surface area contributed by atoms with Gasteiger partial charge in [-0.2, -0.15) is 0 Å². The van der Waals surface area contributed by atoms with E-state index in [2.05, 4.69) is 20.8 Å². The molecule has 0 aliphatic carbocycles. The SMILES string of the molecule is COc1cccc(NC(=O)NCc2nnc(SCc3ccccc3)n2-c2cc(Cl)ccc2Cl)c1. The van der Waals surface area contributed by atoms with Crippen LogP contribution >= 0.6 is 35.0 Å². The van der Waals surface area contributed by atoms with Crippen LogP contribution < -0.4 is 15.4 Å². The van der Waals surface area contributed by atoms with Crippen LogP contribution in [-0.2, 0) is 12.3 Å². The Hall–Kier alpha value is -3.20. The molecule has 0 fully saturated rings. The van der Waals surface area contributed by atoms with Gasteiger partial charge in [0.25, 0.3) is 0 Å². The van der Waals surface area contributed by atoms with E-state index < -0.39 is 6.03 Å². The molecule has 0 unspecified atom stereocenters. The molecule has 0 saturated heterocycles. The van der Waals surface area contributed by atoms with Gasteiger partial charge in [0, 0.05) is 22.5 Å². The Balaban J connectivity index is 1.54. The summed E-state index contributed by atoms with van der Waals surface area (Å²) in [5.41, 5.74) is 2.40. The van der Waals surface area contributed by atoms with Gasteiger partial charge >= 0.3 is 6.03 Å². The Morgan fingerprint density at radius 3 is 2.65 bits per heavy atom. The molecule has 4 aromatic rings. The van der Waals surface area contributed by atoms with Crippen molar-refractivity contribution in [1.82, 2.24) is 20.1 Å². The second kappa shape index (κ2) is 11.3. The van der Waals surface area contributed by atoms with Gasteiger partial charge in [-0.3, -0.25) is 4.57 Å². The van der Waals surface area contributed by atoms with Crippen LogP contribution in [0.2, 0.25) is 10.0 Å². The summed E-state index contributed by atoms with van der Waals surface area (Å²) in [6, 6.07) is 21.9. The fraction of sp³-hybridized carbons (Fsp3) is 0.125. The van der Waals surface area contributed by atoms with Gasteiger partial charge in [0.15, 0.2) is 11.0 Å². The second-order valence-electron chi connectivity index (χ2n) is 7.14. The number of thioether (sulfide) groups is 1. The predicted molar refractivity (Wildman–Crippen MR) is 136 cm³/mol. The lowest BCUT2D eigenvalue weighted by atomic mass is 10.2. The first-order valence-electron chi connectivity index (χ1n) is 10.3. The van der Waals surface area contributed by atoms with E-state index in [4.69, 9.17) is 27.9 Å². The molecule has 1 heterocycles. The number of ether oxygens (including phenoxy) is 1. The summed E-state index contributed by atoms with van der Waals surface area (Å²) in [4.78, 5) is 12.5. The molecule has 0 saturated carbocycles. The molecule has 0 bridgehead atoms. The fourth-order valence-electron chi connectivity index (χ4n) is 3.16. The number of nitrogens with zero attached hydrogens (tertiary/aromatic N) is 3. The molecule has 0 aliphatic rings. The van der Waals surface area contributed by atoms with Gasteiger partial charge in [0.2, 0.25) is 0 Å². The van der Waals surface area contributed by atoms with Crippen LogP contribution in [0.25, 0.3) is 5.69 Å². The molecule has 0 spiro atoms. The van der Waals surface area contributed by atoms with Crippen LogP contribution in [-0.4, -0.2) is 27.9 Å². The Bertz CT molecular complexity index is 1280. The number of aromatic nitrogens is 3. The van der Waals surface area contributed by atoms with Gasteiger partial charge in [-0.25, -0.2) is 4.79 Å². The van der Waals surface area contributed by atoms with E-state index in [1.807, 2.05) is 34.9 Å². The van der Waals surface area contributed by atoms with E-state index in [0.717, 1.165) is 5.56 Å². The minimum atomic E-state index is -0.390. The van der Waals surface area contributed by atoms with E-state index in [9.17, 15) is 4.79 Å². The van der Waals surface area contributed by atoms with Gasteiger partial charge in [-0.15, -0.1) is 10.2 Å². The van der Waals surface area contributed by atoms with E-state index in [-0.39, 0.29) is 6.54 Å². The zero-order valence-corrected chi connectivity index (χ0v) is 20.5. The summed E-state index contributed by atoms with van der Waals surface area (Å²) in [5.74, 6) is 1.86. The highest BCUT2D eigenvalue weighted by molar-refractivity contribution is 7.98. The van der Waals surface area contributed by atoms with E-state index in [0.29, 0.717) is 43.9 Å². The Kier molecular flexibility index (Phi) is 7.95. The molecule has 0 aliphatic heterocycles. The summed E-state index contributed by atoms with van der Waals surface area (Å²) in [6.45, 7) is 0.123. The van der Waals surface area contributed by atoms with Gasteiger partial charge < -0.3 is 15.4 Å². The van der Waals surface area contributed by atoms with Crippen molar-refractivity contribution in [2.24, 2.45) is 0 Å². The first-order valence-corrected chi connectivity index (χ1v) is 12.0. The van der Waals surface area contributed by atoms with Crippen molar-refractivity contribution in [1.29, 1.82) is 0 Å². The van der Waals surface area contributed by atoms with Crippen LogP contribution in [0.3, 0.4) is 0 Å². The molecule has 1 aromatic heterocycles. The monoisotopic (exact) mass is 513 g/mol. The number of hydrogen-bond donors (Lipinski definition) is 2. The summed E-state index contributed by atoms with van der Waals surface area (Å²) >= 11 is 14.3. The number of rotatable bonds is 8. The smallest absolute Gasteiger partial charge is 0.319 e. The topological polar surface area (TPSA) is 81.1 Å². The van der Waals surface area contributed by atoms with E-state index in [1.165, 1.54) is 11.8 Å². The average Bonchev–Trinajstić information content (AvgIpc) is 3.26. The van der Waals surface area contributed by atoms with Gasteiger partial charge in [0.05, 0.1) is 24.4 Å². The van der Waals surface area contributed by atoms with Crippen LogP contribution in [0.5, 0.6) is 5.75 Å². The summed E-state index contributed by atoms with van der Waals surface area (Å²) < 4.78 is 7.00. The first kappa shape index (κ1) is 23.9. The van der Waals surface area contributed by atoms with Gasteiger partial charge in [0.1, 0.15) is 5.75 Å². The van der Waals surface area contributed by atoms with Crippen molar-refractivity contribution in [2.75, 3.05) is 12.4 Å². The second-order valence-corrected chi connectivity index (χ2v) is 8.93.